The molecular formula is C25H22ClNO4S. The molecule has 1 aliphatic heterocycles. The number of nitrogens with zero attached hydrogens (tertiary/aromatic N) is 1. The first-order valence-electron chi connectivity index (χ1n) is 10.2. The molecule has 0 aliphatic carbocycles. The molecule has 0 bridgehead atoms. The van der Waals surface area contributed by atoms with Crippen LogP contribution in [0.15, 0.2) is 60.7 Å². The van der Waals surface area contributed by atoms with Crippen LogP contribution in [0.4, 0.5) is 0 Å². The van der Waals surface area contributed by atoms with E-state index < -0.39 is 12.0 Å². The Bertz CT molecular complexity index is 1140. The predicted molar refractivity (Wildman–Crippen MR) is 126 cm³/mol. The second-order valence-corrected chi connectivity index (χ2v) is 8.87. The van der Waals surface area contributed by atoms with Gasteiger partial charge >= 0.3 is 5.97 Å². The van der Waals surface area contributed by atoms with Gasteiger partial charge in [0.1, 0.15) is 12.0 Å². The van der Waals surface area contributed by atoms with Gasteiger partial charge in [0.05, 0.1) is 13.2 Å². The zero-order valence-corrected chi connectivity index (χ0v) is 19.1. The van der Waals surface area contributed by atoms with Gasteiger partial charge in [0.2, 0.25) is 0 Å². The third-order valence-electron chi connectivity index (χ3n) is 5.35. The minimum absolute atomic E-state index is 0.407. The Morgan fingerprint density at radius 3 is 2.69 bits per heavy atom. The topological polar surface area (TPSA) is 55.8 Å². The number of rotatable bonds is 7. The van der Waals surface area contributed by atoms with Gasteiger partial charge < -0.3 is 14.3 Å². The fourth-order valence-electron chi connectivity index (χ4n) is 3.70. The van der Waals surface area contributed by atoms with Gasteiger partial charge in [-0.1, -0.05) is 41.9 Å². The van der Waals surface area contributed by atoms with Gasteiger partial charge in [-0.25, -0.2) is 4.79 Å². The quantitative estimate of drug-likeness (QED) is 0.267. The van der Waals surface area contributed by atoms with Gasteiger partial charge in [0.25, 0.3) is 0 Å². The normalized spacial score (nSPS) is 14.7. The number of esters is 1. The molecule has 0 fully saturated rings. The Hall–Kier alpha value is -2.93. The SMILES string of the molecule is COc1ccc(/C=C/C(=O)Oc2cc3c(s2)CCN(C(C=O)c2ccccc2Cl)C3)cc1. The van der Waals surface area contributed by atoms with Crippen molar-refractivity contribution in [1.29, 1.82) is 0 Å². The van der Waals surface area contributed by atoms with Crippen LogP contribution in [0.2, 0.25) is 5.02 Å². The minimum atomic E-state index is -0.432. The van der Waals surface area contributed by atoms with Crippen LogP contribution < -0.4 is 9.47 Å². The highest BCUT2D eigenvalue weighted by atomic mass is 35.5. The molecule has 0 N–H and O–H groups in total. The molecule has 4 rings (SSSR count). The number of fused-ring (bicyclic) bond motifs is 1. The second kappa shape index (κ2) is 10.1. The van der Waals surface area contributed by atoms with E-state index in [0.29, 0.717) is 16.6 Å². The molecular weight excluding hydrogens is 446 g/mol. The summed E-state index contributed by atoms with van der Waals surface area (Å²) in [5, 5.41) is 1.14. The summed E-state index contributed by atoms with van der Waals surface area (Å²) in [5.41, 5.74) is 2.75. The van der Waals surface area contributed by atoms with Crippen molar-refractivity contribution < 1.29 is 19.1 Å². The van der Waals surface area contributed by atoms with E-state index in [-0.39, 0.29) is 0 Å². The molecule has 7 heteroatoms. The first-order chi connectivity index (χ1) is 15.6. The molecule has 0 saturated carbocycles. The Kier molecular flexibility index (Phi) is 7.05. The van der Waals surface area contributed by atoms with Gasteiger partial charge in [-0.15, -0.1) is 11.3 Å². The molecule has 32 heavy (non-hydrogen) atoms. The zero-order chi connectivity index (χ0) is 22.5. The van der Waals surface area contributed by atoms with E-state index in [2.05, 4.69) is 4.90 Å². The van der Waals surface area contributed by atoms with Crippen LogP contribution in [0.3, 0.4) is 0 Å². The summed E-state index contributed by atoms with van der Waals surface area (Å²) in [5.74, 6) is 0.326. The van der Waals surface area contributed by atoms with Crippen molar-refractivity contribution >= 4 is 41.3 Å². The molecule has 2 heterocycles. The summed E-state index contributed by atoms with van der Waals surface area (Å²) in [7, 11) is 1.61. The fraction of sp³-hybridized carbons (Fsp3) is 0.200. The lowest BCUT2D eigenvalue weighted by Crippen LogP contribution is -2.34. The smallest absolute Gasteiger partial charge is 0.336 e. The average Bonchev–Trinajstić information content (AvgIpc) is 3.21. The van der Waals surface area contributed by atoms with Crippen molar-refractivity contribution in [3.8, 4) is 10.8 Å². The highest BCUT2D eigenvalue weighted by Crippen LogP contribution is 2.36. The van der Waals surface area contributed by atoms with Crippen molar-refractivity contribution in [3.05, 3.63) is 87.3 Å². The lowest BCUT2D eigenvalue weighted by molar-refractivity contribution is -0.128. The first-order valence-corrected chi connectivity index (χ1v) is 11.4. The van der Waals surface area contributed by atoms with Crippen LogP contribution in [0, 0.1) is 0 Å². The maximum absolute atomic E-state index is 12.3. The third-order valence-corrected chi connectivity index (χ3v) is 6.81. The Labute approximate surface area is 195 Å². The number of carbonyl (C=O) groups excluding carboxylic acids is 2. The van der Waals surface area contributed by atoms with Crippen molar-refractivity contribution in [2.75, 3.05) is 13.7 Å². The van der Waals surface area contributed by atoms with E-state index in [1.54, 1.807) is 19.3 Å². The Balaban J connectivity index is 1.41. The van der Waals surface area contributed by atoms with Crippen molar-refractivity contribution in [2.45, 2.75) is 19.0 Å². The van der Waals surface area contributed by atoms with Gasteiger partial charge in [0.15, 0.2) is 5.06 Å². The summed E-state index contributed by atoms with van der Waals surface area (Å²) in [6.07, 6.45) is 4.83. The number of hydrogen-bond donors (Lipinski definition) is 0. The fourth-order valence-corrected chi connectivity index (χ4v) is 4.96. The molecule has 3 aromatic rings. The highest BCUT2D eigenvalue weighted by molar-refractivity contribution is 7.14. The van der Waals surface area contributed by atoms with Gasteiger partial charge in [0, 0.05) is 29.1 Å². The van der Waals surface area contributed by atoms with E-state index in [1.807, 2.05) is 48.5 Å². The maximum atomic E-state index is 12.3. The maximum Gasteiger partial charge on any atom is 0.336 e. The summed E-state index contributed by atoms with van der Waals surface area (Å²) in [6, 6.07) is 16.3. The molecule has 0 amide bonds. The number of aldehydes is 1. The molecule has 1 aromatic heterocycles. The summed E-state index contributed by atoms with van der Waals surface area (Å²) < 4.78 is 10.6. The average molecular weight is 468 g/mol. The molecule has 164 valence electrons. The molecule has 1 unspecified atom stereocenters. The van der Waals surface area contributed by atoms with E-state index >= 15 is 0 Å². The molecule has 1 aliphatic rings. The number of halogens is 1. The number of ether oxygens (including phenoxy) is 2. The molecule has 0 radical (unpaired) electrons. The minimum Gasteiger partial charge on any atom is -0.497 e. The van der Waals surface area contributed by atoms with Crippen LogP contribution in [0.1, 0.15) is 27.6 Å². The summed E-state index contributed by atoms with van der Waals surface area (Å²) in [6.45, 7) is 1.33. The number of hydrogen-bond acceptors (Lipinski definition) is 6. The largest absolute Gasteiger partial charge is 0.497 e. The number of methoxy groups -OCH3 is 1. The van der Waals surface area contributed by atoms with Crippen LogP contribution in [-0.4, -0.2) is 30.8 Å². The summed E-state index contributed by atoms with van der Waals surface area (Å²) >= 11 is 7.79. The van der Waals surface area contributed by atoms with E-state index in [4.69, 9.17) is 21.1 Å². The van der Waals surface area contributed by atoms with Crippen molar-refractivity contribution in [2.24, 2.45) is 0 Å². The lowest BCUT2D eigenvalue weighted by atomic mass is 10.0. The van der Waals surface area contributed by atoms with Crippen LogP contribution in [0.5, 0.6) is 10.8 Å². The molecule has 2 aromatic carbocycles. The number of thiophene rings is 1. The first kappa shape index (κ1) is 22.3. The van der Waals surface area contributed by atoms with Gasteiger partial charge in [-0.3, -0.25) is 4.90 Å². The van der Waals surface area contributed by atoms with Gasteiger partial charge in [-0.2, -0.15) is 0 Å². The third kappa shape index (κ3) is 5.10. The molecule has 0 spiro atoms. The predicted octanol–water partition coefficient (Wildman–Crippen LogP) is 5.33. The lowest BCUT2D eigenvalue weighted by Gasteiger charge is -2.31. The second-order valence-electron chi connectivity index (χ2n) is 7.36. The molecule has 5 nitrogen and oxygen atoms in total. The zero-order valence-electron chi connectivity index (χ0n) is 17.5. The number of benzene rings is 2. The Morgan fingerprint density at radius 2 is 1.97 bits per heavy atom. The van der Waals surface area contributed by atoms with Crippen LogP contribution >= 0.6 is 22.9 Å². The Morgan fingerprint density at radius 1 is 1.19 bits per heavy atom. The van der Waals surface area contributed by atoms with E-state index in [9.17, 15) is 9.59 Å². The van der Waals surface area contributed by atoms with Crippen molar-refractivity contribution in [1.82, 2.24) is 4.90 Å². The van der Waals surface area contributed by atoms with Crippen molar-refractivity contribution in [3.63, 3.8) is 0 Å². The van der Waals surface area contributed by atoms with E-state index in [0.717, 1.165) is 41.7 Å². The summed E-state index contributed by atoms with van der Waals surface area (Å²) in [4.78, 5) is 27.4. The van der Waals surface area contributed by atoms with Crippen LogP contribution in [-0.2, 0) is 22.6 Å². The highest BCUT2D eigenvalue weighted by Gasteiger charge is 2.27. The number of carbonyl (C=O) groups is 2. The van der Waals surface area contributed by atoms with E-state index in [1.165, 1.54) is 22.3 Å². The van der Waals surface area contributed by atoms with Gasteiger partial charge in [-0.05, 0) is 53.5 Å². The molecule has 0 saturated heterocycles. The van der Waals surface area contributed by atoms with Crippen LogP contribution in [0.25, 0.3) is 6.08 Å². The monoisotopic (exact) mass is 467 g/mol. The standard InChI is InChI=1S/C25H22ClNO4S/c1-30-19-9-6-17(7-10-19)8-11-24(29)31-25-14-18-15-27(13-12-23(18)32-25)22(16-28)20-4-2-3-5-21(20)26/h2-11,14,16,22H,12-13,15H2,1H3/b11-8+. The molecule has 1 atom stereocenters.